The van der Waals surface area contributed by atoms with Crippen molar-refractivity contribution in [2.45, 2.75) is 6.04 Å². The van der Waals surface area contributed by atoms with E-state index < -0.39 is 21.9 Å². The smallest absolute Gasteiger partial charge is 0.279 e. The molecular weight excluding hydrogens is 313 g/mol. The van der Waals surface area contributed by atoms with E-state index in [1.807, 2.05) is 0 Å². The number of likely N-dealkylation sites (tertiary alicyclic amines) is 1. The van der Waals surface area contributed by atoms with Gasteiger partial charge in [0.25, 0.3) is 16.1 Å². The molecule has 2 rings (SSSR count). The summed E-state index contributed by atoms with van der Waals surface area (Å²) in [4.78, 5) is 13.6. The Labute approximate surface area is 128 Å². The van der Waals surface area contributed by atoms with Crippen LogP contribution in [0.5, 0.6) is 5.75 Å². The average Bonchev–Trinajstić information content (AvgIpc) is 2.42. The molecule has 1 fully saturated rings. The average molecular weight is 331 g/mol. The predicted octanol–water partition coefficient (Wildman–Crippen LogP) is 0.0547. The van der Waals surface area contributed by atoms with Crippen LogP contribution in [0, 0.1) is 5.82 Å². The van der Waals surface area contributed by atoms with E-state index in [9.17, 15) is 17.6 Å². The maximum absolute atomic E-state index is 13.7. The van der Waals surface area contributed by atoms with Crippen molar-refractivity contribution in [1.82, 2.24) is 13.9 Å². The summed E-state index contributed by atoms with van der Waals surface area (Å²) in [7, 11) is 0.713. The highest BCUT2D eigenvalue weighted by Gasteiger charge is 2.35. The maximum atomic E-state index is 13.7. The van der Waals surface area contributed by atoms with E-state index in [2.05, 4.69) is 4.72 Å². The third-order valence-electron chi connectivity index (χ3n) is 3.37. The van der Waals surface area contributed by atoms with Gasteiger partial charge in [-0.2, -0.15) is 17.4 Å². The second-order valence-corrected chi connectivity index (χ2v) is 7.07. The molecule has 0 aromatic heterocycles. The van der Waals surface area contributed by atoms with E-state index in [1.54, 1.807) is 0 Å². The first-order valence-corrected chi connectivity index (χ1v) is 8.01. The predicted molar refractivity (Wildman–Crippen MR) is 78.4 cm³/mol. The van der Waals surface area contributed by atoms with Crippen LogP contribution in [-0.2, 0) is 10.2 Å². The quantitative estimate of drug-likeness (QED) is 0.827. The van der Waals surface area contributed by atoms with Gasteiger partial charge < -0.3 is 9.64 Å². The van der Waals surface area contributed by atoms with Crippen LogP contribution in [0.2, 0.25) is 0 Å². The number of carbonyl (C=O) groups excluding carboxylic acids is 1. The summed E-state index contributed by atoms with van der Waals surface area (Å²) in [5.74, 6) is -0.741. The van der Waals surface area contributed by atoms with E-state index >= 15 is 0 Å². The minimum absolute atomic E-state index is 0.0896. The van der Waals surface area contributed by atoms with Crippen molar-refractivity contribution in [3.63, 3.8) is 0 Å². The van der Waals surface area contributed by atoms with E-state index in [1.165, 1.54) is 38.2 Å². The number of halogens is 1. The summed E-state index contributed by atoms with van der Waals surface area (Å²) < 4.78 is 45.5. The molecule has 1 saturated heterocycles. The third-order valence-corrected chi connectivity index (χ3v) is 4.96. The number of methoxy groups -OCH3 is 1. The highest BCUT2D eigenvalue weighted by atomic mass is 32.2. The molecule has 1 aromatic rings. The minimum atomic E-state index is -3.54. The lowest BCUT2D eigenvalue weighted by molar-refractivity contribution is 0.0585. The Hall–Kier alpha value is -1.71. The van der Waals surface area contributed by atoms with Crippen molar-refractivity contribution in [1.29, 1.82) is 0 Å². The number of nitrogens with one attached hydrogen (secondary N) is 1. The molecule has 0 saturated carbocycles. The molecule has 9 heteroatoms. The maximum Gasteiger partial charge on any atom is 0.279 e. The van der Waals surface area contributed by atoms with Crippen LogP contribution in [-0.4, -0.2) is 63.9 Å². The molecule has 7 nitrogen and oxygen atoms in total. The molecule has 22 heavy (non-hydrogen) atoms. The number of nitrogens with zero attached hydrogens (tertiary/aromatic N) is 2. The largest absolute Gasteiger partial charge is 0.497 e. The lowest BCUT2D eigenvalue weighted by Gasteiger charge is -2.39. The van der Waals surface area contributed by atoms with Gasteiger partial charge in [-0.05, 0) is 18.2 Å². The number of rotatable bonds is 5. The van der Waals surface area contributed by atoms with Gasteiger partial charge in [-0.3, -0.25) is 4.79 Å². The van der Waals surface area contributed by atoms with Gasteiger partial charge in [0.15, 0.2) is 0 Å². The van der Waals surface area contributed by atoms with Crippen molar-refractivity contribution in [3.8, 4) is 5.75 Å². The number of carbonyl (C=O) groups is 1. The fourth-order valence-corrected chi connectivity index (χ4v) is 2.78. The summed E-state index contributed by atoms with van der Waals surface area (Å²) in [5.41, 5.74) is -0.0896. The summed E-state index contributed by atoms with van der Waals surface area (Å²) in [5, 5.41) is 0. The van der Waals surface area contributed by atoms with Crippen LogP contribution in [0.1, 0.15) is 10.4 Å². The van der Waals surface area contributed by atoms with Crippen LogP contribution in [0.4, 0.5) is 4.39 Å². The van der Waals surface area contributed by atoms with E-state index in [0.717, 1.165) is 10.4 Å². The number of benzene rings is 1. The molecule has 1 aliphatic heterocycles. The summed E-state index contributed by atoms with van der Waals surface area (Å²) in [6.45, 7) is 0.394. The molecule has 0 atom stereocenters. The molecule has 0 aliphatic carbocycles. The van der Waals surface area contributed by atoms with Gasteiger partial charge in [0.05, 0.1) is 18.7 Å². The van der Waals surface area contributed by atoms with E-state index in [0.29, 0.717) is 5.75 Å². The summed E-state index contributed by atoms with van der Waals surface area (Å²) in [6, 6.07) is 3.55. The van der Waals surface area contributed by atoms with Crippen molar-refractivity contribution in [2.24, 2.45) is 0 Å². The highest BCUT2D eigenvalue weighted by Crippen LogP contribution is 2.21. The zero-order chi connectivity index (χ0) is 16.5. The third kappa shape index (κ3) is 3.37. The van der Waals surface area contributed by atoms with Crippen LogP contribution in [0.25, 0.3) is 0 Å². The highest BCUT2D eigenvalue weighted by molar-refractivity contribution is 7.87. The Bertz CT molecular complexity index is 672. The molecule has 0 radical (unpaired) electrons. The molecule has 0 spiro atoms. The normalized spacial score (nSPS) is 15.8. The molecule has 0 bridgehead atoms. The molecular formula is C13H18FN3O4S. The number of hydrogen-bond donors (Lipinski definition) is 1. The monoisotopic (exact) mass is 331 g/mol. The van der Waals surface area contributed by atoms with Gasteiger partial charge >= 0.3 is 0 Å². The number of hydrogen-bond acceptors (Lipinski definition) is 4. The first kappa shape index (κ1) is 16.7. The first-order valence-electron chi connectivity index (χ1n) is 6.57. The van der Waals surface area contributed by atoms with Crippen LogP contribution in [0.3, 0.4) is 0 Å². The van der Waals surface area contributed by atoms with Gasteiger partial charge in [0.1, 0.15) is 11.6 Å². The standard InChI is InChI=1S/C13H18FN3O4S/c1-16(2)22(19,20)15-9-7-17(8-9)13(18)11-6-10(21-3)4-5-12(11)14/h4-6,9,15H,7-8H2,1-3H3. The molecule has 1 amide bonds. The lowest BCUT2D eigenvalue weighted by atomic mass is 10.1. The van der Waals surface area contributed by atoms with E-state index in [-0.39, 0.29) is 24.7 Å². The SMILES string of the molecule is COc1ccc(F)c(C(=O)N2CC(NS(=O)(=O)N(C)C)C2)c1. The van der Waals surface area contributed by atoms with Gasteiger partial charge in [-0.15, -0.1) is 0 Å². The Morgan fingerprint density at radius 1 is 1.41 bits per heavy atom. The molecule has 1 aromatic carbocycles. The first-order chi connectivity index (χ1) is 10.2. The molecule has 1 N–H and O–H groups in total. The Morgan fingerprint density at radius 2 is 2.05 bits per heavy atom. The summed E-state index contributed by atoms with van der Waals surface area (Å²) >= 11 is 0. The number of amides is 1. The van der Waals surface area contributed by atoms with Gasteiger partial charge in [-0.1, -0.05) is 0 Å². The zero-order valence-electron chi connectivity index (χ0n) is 12.5. The molecule has 1 aliphatic rings. The van der Waals surface area contributed by atoms with Gasteiger partial charge in [-0.25, -0.2) is 4.39 Å². The van der Waals surface area contributed by atoms with E-state index in [4.69, 9.17) is 4.74 Å². The zero-order valence-corrected chi connectivity index (χ0v) is 13.4. The van der Waals surface area contributed by atoms with Crippen LogP contribution >= 0.6 is 0 Å². The van der Waals surface area contributed by atoms with Crippen LogP contribution < -0.4 is 9.46 Å². The molecule has 0 unspecified atom stereocenters. The summed E-state index contributed by atoms with van der Waals surface area (Å²) in [6.07, 6.45) is 0. The lowest BCUT2D eigenvalue weighted by Crippen LogP contribution is -2.62. The van der Waals surface area contributed by atoms with Crippen molar-refractivity contribution in [3.05, 3.63) is 29.6 Å². The van der Waals surface area contributed by atoms with Crippen molar-refractivity contribution in [2.75, 3.05) is 34.3 Å². The Kier molecular flexibility index (Phi) is 4.69. The van der Waals surface area contributed by atoms with Crippen molar-refractivity contribution >= 4 is 16.1 Å². The topological polar surface area (TPSA) is 79.0 Å². The molecule has 1 heterocycles. The fraction of sp³-hybridized carbons (Fsp3) is 0.462. The second-order valence-electron chi connectivity index (χ2n) is 5.16. The number of ether oxygens (including phenoxy) is 1. The second kappa shape index (κ2) is 6.19. The fourth-order valence-electron chi connectivity index (χ4n) is 2.00. The van der Waals surface area contributed by atoms with Crippen LogP contribution in [0.15, 0.2) is 18.2 Å². The van der Waals surface area contributed by atoms with Gasteiger partial charge in [0.2, 0.25) is 0 Å². The Morgan fingerprint density at radius 3 is 2.59 bits per heavy atom. The van der Waals surface area contributed by atoms with Crippen molar-refractivity contribution < 1.29 is 22.3 Å². The Balaban J connectivity index is 2.00. The molecule has 122 valence electrons. The van der Waals surface area contributed by atoms with Gasteiger partial charge in [0, 0.05) is 27.2 Å². The minimum Gasteiger partial charge on any atom is -0.497 e.